The van der Waals surface area contributed by atoms with Gasteiger partial charge in [-0.1, -0.05) is 6.07 Å². The predicted molar refractivity (Wildman–Crippen MR) is 104 cm³/mol. The second-order valence-corrected chi connectivity index (χ2v) is 5.95. The van der Waals surface area contributed by atoms with Crippen molar-refractivity contribution in [2.24, 2.45) is 0 Å². The number of hydrogen-bond acceptors (Lipinski definition) is 5. The summed E-state index contributed by atoms with van der Waals surface area (Å²) in [4.78, 5) is 23.4. The van der Waals surface area contributed by atoms with Gasteiger partial charge in [0.15, 0.2) is 5.65 Å². The van der Waals surface area contributed by atoms with E-state index in [1.807, 2.05) is 36.2 Å². The number of carbonyl (C=O) groups is 1. The van der Waals surface area contributed by atoms with Crippen molar-refractivity contribution in [3.8, 4) is 0 Å². The number of piperazine rings is 1. The number of halogens is 2. The molecule has 7 nitrogen and oxygen atoms in total. The molecule has 1 aliphatic heterocycles. The summed E-state index contributed by atoms with van der Waals surface area (Å²) in [6, 6.07) is 5.74. The molecule has 4 heterocycles. The molecule has 1 aliphatic rings. The number of pyridine rings is 2. The Labute approximate surface area is 163 Å². The molecular weight excluding hydrogens is 375 g/mol. The number of nitrogens with one attached hydrogen (secondary N) is 2. The molecule has 0 spiro atoms. The minimum atomic E-state index is -0.0268. The molecular formula is C17H20Cl2N6O. The van der Waals surface area contributed by atoms with Gasteiger partial charge in [0.05, 0.1) is 11.6 Å². The molecule has 0 bridgehead atoms. The third-order valence-electron chi connectivity index (χ3n) is 4.42. The van der Waals surface area contributed by atoms with Crippen molar-refractivity contribution in [2.45, 2.75) is 13.0 Å². The summed E-state index contributed by atoms with van der Waals surface area (Å²) < 4.78 is 0. The van der Waals surface area contributed by atoms with Crippen molar-refractivity contribution in [1.82, 2.24) is 30.4 Å². The minimum Gasteiger partial charge on any atom is -0.329 e. The van der Waals surface area contributed by atoms with E-state index in [-0.39, 0.29) is 36.8 Å². The molecule has 0 radical (unpaired) electrons. The Bertz CT molecular complexity index is 885. The van der Waals surface area contributed by atoms with E-state index in [0.29, 0.717) is 17.8 Å². The molecule has 2 N–H and O–H groups in total. The third kappa shape index (κ3) is 3.65. The van der Waals surface area contributed by atoms with Crippen molar-refractivity contribution < 1.29 is 4.79 Å². The van der Waals surface area contributed by atoms with Crippen molar-refractivity contribution in [3.63, 3.8) is 0 Å². The van der Waals surface area contributed by atoms with Gasteiger partial charge in [-0.2, -0.15) is 5.10 Å². The highest BCUT2D eigenvalue weighted by molar-refractivity contribution is 5.97. The van der Waals surface area contributed by atoms with Gasteiger partial charge >= 0.3 is 0 Å². The van der Waals surface area contributed by atoms with Crippen LogP contribution in [0.3, 0.4) is 0 Å². The molecule has 3 aromatic rings. The fourth-order valence-corrected chi connectivity index (χ4v) is 3.12. The number of fused-ring (bicyclic) bond motifs is 1. The van der Waals surface area contributed by atoms with Crippen LogP contribution in [0.1, 0.15) is 27.7 Å². The zero-order valence-electron chi connectivity index (χ0n) is 14.2. The molecule has 9 heteroatoms. The van der Waals surface area contributed by atoms with Crippen LogP contribution in [0.25, 0.3) is 11.0 Å². The lowest BCUT2D eigenvalue weighted by molar-refractivity contribution is 0.0634. The number of carbonyl (C=O) groups excluding carboxylic acids is 1. The van der Waals surface area contributed by atoms with Crippen LogP contribution in [0.2, 0.25) is 0 Å². The molecule has 26 heavy (non-hydrogen) atoms. The highest BCUT2D eigenvalue weighted by Crippen LogP contribution is 2.24. The van der Waals surface area contributed by atoms with E-state index in [4.69, 9.17) is 0 Å². The van der Waals surface area contributed by atoms with E-state index in [0.717, 1.165) is 29.7 Å². The van der Waals surface area contributed by atoms with E-state index >= 15 is 0 Å². The van der Waals surface area contributed by atoms with Crippen molar-refractivity contribution in [2.75, 3.05) is 19.6 Å². The van der Waals surface area contributed by atoms with E-state index in [9.17, 15) is 4.79 Å². The van der Waals surface area contributed by atoms with Gasteiger partial charge in [-0.05, 0) is 24.6 Å². The van der Waals surface area contributed by atoms with Gasteiger partial charge in [-0.15, -0.1) is 24.8 Å². The average molecular weight is 395 g/mol. The lowest BCUT2D eigenvalue weighted by Crippen LogP contribution is -2.48. The van der Waals surface area contributed by atoms with Gasteiger partial charge in [0.25, 0.3) is 5.91 Å². The molecule has 1 fully saturated rings. The minimum absolute atomic E-state index is 0. The molecule has 1 unspecified atom stereocenters. The van der Waals surface area contributed by atoms with E-state index in [1.54, 1.807) is 12.4 Å². The van der Waals surface area contributed by atoms with Crippen LogP contribution in [0.15, 0.2) is 36.8 Å². The smallest absolute Gasteiger partial charge is 0.256 e. The molecule has 138 valence electrons. The highest BCUT2D eigenvalue weighted by Gasteiger charge is 2.29. The molecule has 1 saturated heterocycles. The predicted octanol–water partition coefficient (Wildman–Crippen LogP) is 2.29. The number of rotatable bonds is 2. The van der Waals surface area contributed by atoms with Gasteiger partial charge in [-0.25, -0.2) is 4.98 Å². The van der Waals surface area contributed by atoms with Crippen molar-refractivity contribution in [1.29, 1.82) is 0 Å². The summed E-state index contributed by atoms with van der Waals surface area (Å²) >= 11 is 0. The second kappa shape index (κ2) is 8.44. The topological polar surface area (TPSA) is 86.8 Å². The number of nitrogens with zero attached hydrogens (tertiary/aromatic N) is 4. The molecule has 1 atom stereocenters. The summed E-state index contributed by atoms with van der Waals surface area (Å²) in [7, 11) is 0. The maximum atomic E-state index is 13.1. The summed E-state index contributed by atoms with van der Waals surface area (Å²) in [5, 5.41) is 11.3. The normalized spacial score (nSPS) is 16.7. The molecule has 1 amide bonds. The van der Waals surface area contributed by atoms with Crippen LogP contribution in [0.5, 0.6) is 0 Å². The first-order chi connectivity index (χ1) is 11.7. The quantitative estimate of drug-likeness (QED) is 0.696. The van der Waals surface area contributed by atoms with Gasteiger partial charge < -0.3 is 10.2 Å². The molecule has 3 aromatic heterocycles. The van der Waals surface area contributed by atoms with Gasteiger partial charge in [-0.3, -0.25) is 14.9 Å². The zero-order chi connectivity index (χ0) is 16.5. The number of H-pyrrole nitrogens is 1. The first kappa shape index (κ1) is 20.1. The average Bonchev–Trinajstić information content (AvgIpc) is 3.02. The Morgan fingerprint density at radius 1 is 1.31 bits per heavy atom. The van der Waals surface area contributed by atoms with Crippen LogP contribution in [0.4, 0.5) is 0 Å². The first-order valence-electron chi connectivity index (χ1n) is 7.96. The molecule has 0 aromatic carbocycles. The number of hydrogen-bond donors (Lipinski definition) is 2. The lowest BCUT2D eigenvalue weighted by Gasteiger charge is -2.36. The van der Waals surface area contributed by atoms with E-state index in [2.05, 4.69) is 25.5 Å². The van der Waals surface area contributed by atoms with Crippen molar-refractivity contribution >= 4 is 41.8 Å². The molecule has 0 saturated carbocycles. The van der Waals surface area contributed by atoms with E-state index < -0.39 is 0 Å². The lowest BCUT2D eigenvalue weighted by atomic mass is 10.0. The summed E-state index contributed by atoms with van der Waals surface area (Å²) in [5.41, 5.74) is 3.17. The Morgan fingerprint density at radius 2 is 2.15 bits per heavy atom. The second-order valence-electron chi connectivity index (χ2n) is 5.95. The summed E-state index contributed by atoms with van der Waals surface area (Å²) in [5.74, 6) is -0.0136. The summed E-state index contributed by atoms with van der Waals surface area (Å²) in [6.45, 7) is 4.08. The van der Waals surface area contributed by atoms with Crippen LogP contribution in [-0.4, -0.2) is 50.6 Å². The Balaban J connectivity index is 0.00000121. The largest absolute Gasteiger partial charge is 0.329 e. The SMILES string of the molecule is Cc1[nH]nc2ncc(C(=O)N3CCNCC3c3cccnc3)cc12.Cl.Cl. The monoisotopic (exact) mass is 394 g/mol. The Kier molecular flexibility index (Phi) is 6.52. The molecule has 0 aliphatic carbocycles. The maximum Gasteiger partial charge on any atom is 0.256 e. The summed E-state index contributed by atoms with van der Waals surface area (Å²) in [6.07, 6.45) is 5.17. The van der Waals surface area contributed by atoms with Crippen molar-refractivity contribution in [3.05, 3.63) is 53.6 Å². The van der Waals surface area contributed by atoms with Gasteiger partial charge in [0.1, 0.15) is 0 Å². The van der Waals surface area contributed by atoms with Crippen LogP contribution in [-0.2, 0) is 0 Å². The maximum absolute atomic E-state index is 13.1. The first-order valence-corrected chi connectivity index (χ1v) is 7.96. The number of aromatic amines is 1. The van der Waals surface area contributed by atoms with Gasteiger partial charge in [0.2, 0.25) is 0 Å². The molecule has 4 rings (SSSR count). The standard InChI is InChI=1S/C17H18N6O.2ClH/c1-11-14-7-13(9-20-16(14)22-21-11)17(24)23-6-5-19-10-15(23)12-3-2-4-18-8-12;;/h2-4,7-9,15,19H,5-6,10H2,1H3,(H,20,21,22);2*1H. The van der Waals surface area contributed by atoms with E-state index in [1.165, 1.54) is 0 Å². The fourth-order valence-electron chi connectivity index (χ4n) is 3.12. The zero-order valence-corrected chi connectivity index (χ0v) is 15.8. The van der Waals surface area contributed by atoms with Gasteiger partial charge in [0, 0.05) is 49.3 Å². The fraction of sp³-hybridized carbons (Fsp3) is 0.294. The van der Waals surface area contributed by atoms with Crippen LogP contribution < -0.4 is 5.32 Å². The highest BCUT2D eigenvalue weighted by atomic mass is 35.5. The van der Waals surface area contributed by atoms with Crippen LogP contribution in [0, 0.1) is 6.92 Å². The number of aryl methyl sites for hydroxylation is 1. The number of amides is 1. The Morgan fingerprint density at radius 3 is 2.92 bits per heavy atom. The third-order valence-corrected chi connectivity index (χ3v) is 4.42. The van der Waals surface area contributed by atoms with Crippen LogP contribution >= 0.6 is 24.8 Å². The number of aromatic nitrogens is 4. The Hall–Kier alpha value is -2.22.